The normalized spacial score (nSPS) is 10.1. The minimum Gasteiger partial charge on any atom is -0.493 e. The highest BCUT2D eigenvalue weighted by Crippen LogP contribution is 2.42. The maximum atomic E-state index is 5.82. The van der Waals surface area contributed by atoms with E-state index in [-0.39, 0.29) is 16.7 Å². The van der Waals surface area contributed by atoms with E-state index in [0.717, 1.165) is 0 Å². The van der Waals surface area contributed by atoms with Crippen LogP contribution in [0.2, 0.25) is 5.15 Å². The van der Waals surface area contributed by atoms with Crippen molar-refractivity contribution in [3.8, 4) is 28.9 Å². The fraction of sp³-hybridized carbons (Fsp3) is 0.231. The average molecular weight is 312 g/mol. The summed E-state index contributed by atoms with van der Waals surface area (Å²) in [4.78, 5) is 7.69. The van der Waals surface area contributed by atoms with E-state index in [2.05, 4.69) is 9.97 Å². The van der Waals surface area contributed by atoms with Gasteiger partial charge in [-0.15, -0.1) is 0 Å². The Balaban J connectivity index is 2.43. The molecule has 2 rings (SSSR count). The van der Waals surface area contributed by atoms with Gasteiger partial charge in [0.15, 0.2) is 16.7 Å². The molecular formula is C13H14ClN3O4. The van der Waals surface area contributed by atoms with Crippen molar-refractivity contribution in [2.75, 3.05) is 27.1 Å². The predicted octanol–water partition coefficient (Wildman–Crippen LogP) is 2.53. The van der Waals surface area contributed by atoms with Crippen LogP contribution < -0.4 is 24.7 Å². The second kappa shape index (κ2) is 6.36. The molecule has 7 nitrogen and oxygen atoms in total. The number of halogens is 1. The van der Waals surface area contributed by atoms with Gasteiger partial charge in [-0.05, 0) is 0 Å². The highest BCUT2D eigenvalue weighted by molar-refractivity contribution is 6.32. The Labute approximate surface area is 126 Å². The van der Waals surface area contributed by atoms with Gasteiger partial charge in [-0.3, -0.25) is 0 Å². The smallest absolute Gasteiger partial charge is 0.247 e. The summed E-state index contributed by atoms with van der Waals surface area (Å²) in [6.07, 6.45) is 1.26. The van der Waals surface area contributed by atoms with Crippen molar-refractivity contribution in [2.24, 2.45) is 0 Å². The van der Waals surface area contributed by atoms with Crippen LogP contribution in [0.1, 0.15) is 0 Å². The largest absolute Gasteiger partial charge is 0.493 e. The fourth-order valence-electron chi connectivity index (χ4n) is 1.67. The Kier molecular flexibility index (Phi) is 4.54. The molecule has 8 heteroatoms. The summed E-state index contributed by atoms with van der Waals surface area (Å²) in [7, 11) is 4.54. The molecule has 0 bridgehead atoms. The van der Waals surface area contributed by atoms with E-state index in [4.69, 9.17) is 36.3 Å². The molecule has 112 valence electrons. The number of ether oxygens (including phenoxy) is 4. The summed E-state index contributed by atoms with van der Waals surface area (Å²) < 4.78 is 21.3. The summed E-state index contributed by atoms with van der Waals surface area (Å²) in [5.41, 5.74) is 5.90. The third-order valence-electron chi connectivity index (χ3n) is 2.65. The van der Waals surface area contributed by atoms with Gasteiger partial charge in [-0.25, -0.2) is 4.98 Å². The van der Waals surface area contributed by atoms with E-state index >= 15 is 0 Å². The molecule has 2 N–H and O–H groups in total. The number of nitrogens with zero attached hydrogens (tertiary/aromatic N) is 2. The van der Waals surface area contributed by atoms with Crippen LogP contribution >= 0.6 is 11.6 Å². The summed E-state index contributed by atoms with van der Waals surface area (Å²) in [6.45, 7) is 0. The van der Waals surface area contributed by atoms with Crippen molar-refractivity contribution >= 4 is 17.3 Å². The van der Waals surface area contributed by atoms with Gasteiger partial charge in [-0.1, -0.05) is 11.6 Å². The van der Waals surface area contributed by atoms with Gasteiger partial charge in [0, 0.05) is 12.1 Å². The van der Waals surface area contributed by atoms with Crippen LogP contribution in [0.3, 0.4) is 0 Å². The first-order chi connectivity index (χ1) is 10.1. The van der Waals surface area contributed by atoms with Gasteiger partial charge < -0.3 is 24.7 Å². The molecule has 0 aliphatic rings. The number of anilines is 1. The molecule has 0 amide bonds. The lowest BCUT2D eigenvalue weighted by Gasteiger charge is -2.14. The molecule has 1 aromatic heterocycles. The second-order valence-corrected chi connectivity index (χ2v) is 4.20. The molecular weight excluding hydrogens is 298 g/mol. The van der Waals surface area contributed by atoms with Crippen molar-refractivity contribution in [1.82, 2.24) is 9.97 Å². The number of hydrogen-bond acceptors (Lipinski definition) is 7. The molecule has 1 aromatic carbocycles. The van der Waals surface area contributed by atoms with Gasteiger partial charge in [-0.2, -0.15) is 4.98 Å². The predicted molar refractivity (Wildman–Crippen MR) is 77.6 cm³/mol. The first-order valence-corrected chi connectivity index (χ1v) is 6.22. The van der Waals surface area contributed by atoms with E-state index < -0.39 is 0 Å². The zero-order valence-electron chi connectivity index (χ0n) is 11.7. The Bertz CT molecular complexity index is 626. The van der Waals surface area contributed by atoms with Crippen LogP contribution in [-0.2, 0) is 0 Å². The molecule has 2 aromatic rings. The fourth-order valence-corrected chi connectivity index (χ4v) is 1.79. The van der Waals surface area contributed by atoms with Crippen LogP contribution in [0.4, 0.5) is 5.69 Å². The summed E-state index contributed by atoms with van der Waals surface area (Å²) in [6, 6.07) is 3.24. The van der Waals surface area contributed by atoms with Gasteiger partial charge in [0.1, 0.15) is 17.8 Å². The molecule has 0 radical (unpaired) electrons. The number of rotatable bonds is 5. The Morgan fingerprint density at radius 3 is 2.14 bits per heavy atom. The van der Waals surface area contributed by atoms with E-state index in [1.54, 1.807) is 12.1 Å². The van der Waals surface area contributed by atoms with E-state index in [1.807, 2.05) is 0 Å². The molecule has 21 heavy (non-hydrogen) atoms. The quantitative estimate of drug-likeness (QED) is 0.849. The van der Waals surface area contributed by atoms with Gasteiger partial charge in [0.25, 0.3) is 0 Å². The molecule has 0 saturated carbocycles. The van der Waals surface area contributed by atoms with Crippen molar-refractivity contribution in [3.63, 3.8) is 0 Å². The summed E-state index contributed by atoms with van der Waals surface area (Å²) in [5.74, 6) is 1.91. The average Bonchev–Trinajstić information content (AvgIpc) is 2.50. The molecule has 0 aliphatic carbocycles. The molecule has 0 unspecified atom stereocenters. The van der Waals surface area contributed by atoms with Crippen molar-refractivity contribution in [3.05, 3.63) is 23.6 Å². The van der Waals surface area contributed by atoms with E-state index in [0.29, 0.717) is 23.0 Å². The number of benzene rings is 1. The number of aromatic nitrogens is 2. The summed E-state index contributed by atoms with van der Waals surface area (Å²) in [5, 5.41) is 0.118. The Hall–Kier alpha value is -2.41. The topological polar surface area (TPSA) is 88.7 Å². The van der Waals surface area contributed by atoms with Crippen LogP contribution in [0, 0.1) is 0 Å². The van der Waals surface area contributed by atoms with E-state index in [9.17, 15) is 0 Å². The molecule has 0 atom stereocenters. The minimum atomic E-state index is 0.118. The third-order valence-corrected chi connectivity index (χ3v) is 2.95. The van der Waals surface area contributed by atoms with Crippen molar-refractivity contribution in [1.29, 1.82) is 0 Å². The number of methoxy groups -OCH3 is 3. The van der Waals surface area contributed by atoms with Crippen LogP contribution in [-0.4, -0.2) is 31.3 Å². The SMILES string of the molecule is COc1cc(Oc2ncnc(Cl)c2N)cc(OC)c1OC. The highest BCUT2D eigenvalue weighted by atomic mass is 35.5. The highest BCUT2D eigenvalue weighted by Gasteiger charge is 2.16. The summed E-state index contributed by atoms with van der Waals surface area (Å²) >= 11 is 5.82. The number of nitrogens with two attached hydrogens (primary N) is 1. The first-order valence-electron chi connectivity index (χ1n) is 5.84. The third kappa shape index (κ3) is 3.03. The van der Waals surface area contributed by atoms with Crippen LogP contribution in [0.15, 0.2) is 18.5 Å². The van der Waals surface area contributed by atoms with Crippen LogP contribution in [0.5, 0.6) is 28.9 Å². The zero-order chi connectivity index (χ0) is 15.4. The molecule has 0 spiro atoms. The zero-order valence-corrected chi connectivity index (χ0v) is 12.5. The molecule has 0 saturated heterocycles. The molecule has 0 aliphatic heterocycles. The van der Waals surface area contributed by atoms with E-state index in [1.165, 1.54) is 27.7 Å². The molecule has 1 heterocycles. The molecule has 0 fully saturated rings. The second-order valence-electron chi connectivity index (χ2n) is 3.85. The Morgan fingerprint density at radius 2 is 1.62 bits per heavy atom. The lowest BCUT2D eigenvalue weighted by atomic mass is 10.2. The minimum absolute atomic E-state index is 0.118. The lowest BCUT2D eigenvalue weighted by Crippen LogP contribution is -1.99. The first kappa shape index (κ1) is 15.0. The monoisotopic (exact) mass is 311 g/mol. The Morgan fingerprint density at radius 1 is 1.00 bits per heavy atom. The van der Waals surface area contributed by atoms with Gasteiger partial charge in [0.2, 0.25) is 11.6 Å². The van der Waals surface area contributed by atoms with Gasteiger partial charge >= 0.3 is 0 Å². The lowest BCUT2D eigenvalue weighted by molar-refractivity contribution is 0.320. The van der Waals surface area contributed by atoms with Crippen molar-refractivity contribution < 1.29 is 18.9 Å². The van der Waals surface area contributed by atoms with Gasteiger partial charge in [0.05, 0.1) is 21.3 Å². The number of hydrogen-bond donors (Lipinski definition) is 1. The standard InChI is InChI=1S/C13H14ClN3O4/c1-18-8-4-7(5-9(19-2)11(8)20-3)21-13-10(15)12(14)16-6-17-13/h4-6H,15H2,1-3H3. The maximum absolute atomic E-state index is 5.82. The van der Waals surface area contributed by atoms with Crippen molar-refractivity contribution in [2.45, 2.75) is 0 Å². The number of nitrogen functional groups attached to an aromatic ring is 1. The van der Waals surface area contributed by atoms with Crippen LogP contribution in [0.25, 0.3) is 0 Å². The maximum Gasteiger partial charge on any atom is 0.247 e.